The Balaban J connectivity index is 0.00000257. The highest BCUT2D eigenvalue weighted by atomic mass is 19.0. The van der Waals surface area contributed by atoms with Gasteiger partial charge in [-0.05, 0) is 50.8 Å². The summed E-state index contributed by atoms with van der Waals surface area (Å²) in [6, 6.07) is 8.54. The Kier molecular flexibility index (Phi) is 16.4. The van der Waals surface area contributed by atoms with E-state index in [-0.39, 0.29) is 52.6 Å². The Morgan fingerprint density at radius 3 is 2.48 bits per heavy atom. The van der Waals surface area contributed by atoms with E-state index < -0.39 is 35.2 Å². The van der Waals surface area contributed by atoms with Crippen LogP contribution in [-0.2, 0) is 14.3 Å². The number of carbonyl (C=O) groups excluding carboxylic acids is 2. The Morgan fingerprint density at radius 1 is 1.15 bits per heavy atom. The summed E-state index contributed by atoms with van der Waals surface area (Å²) in [4.78, 5) is 36.8. The molecule has 60 heavy (non-hydrogen) atoms. The van der Waals surface area contributed by atoms with Crippen molar-refractivity contribution in [2.45, 2.75) is 116 Å². The number of nitrogens with one attached hydrogen (secondary N) is 4. The zero-order chi connectivity index (χ0) is 45.4. The molecule has 1 spiro atoms. The largest absolute Gasteiger partial charge is 0.505 e. The van der Waals surface area contributed by atoms with Gasteiger partial charge in [-0.3, -0.25) is 31.3 Å². The number of hydrogen-bond acceptors (Lipinski definition) is 12. The third kappa shape index (κ3) is 10.7. The van der Waals surface area contributed by atoms with Crippen LogP contribution in [0.1, 0.15) is 94.7 Å². The van der Waals surface area contributed by atoms with Crippen molar-refractivity contribution in [2.24, 2.45) is 11.5 Å². The van der Waals surface area contributed by atoms with Crippen molar-refractivity contribution in [2.75, 3.05) is 38.2 Å². The van der Waals surface area contributed by atoms with Crippen LogP contribution < -0.4 is 37.3 Å². The van der Waals surface area contributed by atoms with Gasteiger partial charge in [-0.1, -0.05) is 58.4 Å². The molecule has 1 amide bonds. The average molecular weight is 838 g/mol. The number of aliphatic hydroxyl groups is 2. The van der Waals surface area contributed by atoms with Gasteiger partial charge in [-0.2, -0.15) is 0 Å². The van der Waals surface area contributed by atoms with Gasteiger partial charge in [-0.15, -0.1) is 0 Å². The number of anilines is 1. The fraction of sp³-hybridized carbons (Fsp3) is 0.548. The molecule has 2 unspecified atom stereocenters. The number of nitrogens with zero attached hydrogens (tertiary/aromatic N) is 5. The van der Waals surface area contributed by atoms with Gasteiger partial charge < -0.3 is 29.9 Å². The van der Waals surface area contributed by atoms with Crippen LogP contribution in [0.2, 0.25) is 0 Å². The van der Waals surface area contributed by atoms with Crippen molar-refractivity contribution in [3.8, 4) is 6.07 Å². The van der Waals surface area contributed by atoms with Gasteiger partial charge in [0.25, 0.3) is 11.4 Å². The summed E-state index contributed by atoms with van der Waals surface area (Å²) in [5.41, 5.74) is 12.4. The lowest BCUT2D eigenvalue weighted by molar-refractivity contribution is -0.674. The number of allylic oxidation sites excluding steroid dienone is 1. The van der Waals surface area contributed by atoms with E-state index in [1.165, 1.54) is 14.8 Å². The molecule has 3 atom stereocenters. The minimum absolute atomic E-state index is 0. The second kappa shape index (κ2) is 21.2. The molecule has 4 aliphatic heterocycles. The van der Waals surface area contributed by atoms with Crippen LogP contribution in [0.3, 0.4) is 0 Å². The first-order valence-electron chi connectivity index (χ1n) is 21.2. The maximum Gasteiger partial charge on any atom is 0.407 e. The number of ether oxygens (including phenoxy) is 2. The Hall–Kier alpha value is -6.16. The fourth-order valence-electron chi connectivity index (χ4n) is 7.83. The standard InChI is InChI=1S/C40H51N11O6.2CH4.FH/c1-38(2)29(32(45-4)33(57-38)30(24-41)44-3)19-16-26-14-17-27(18-15-26)50(5)22-11-13-28(52)12-9-7-6-8-10-21-46-37(53)56-25-31-34-40(49-35(42)48-34)39(54,55)20-23-51(40)36(43)47-31;;;/h14-19,31,34,54-55H,6-13,20-23,25H2,1-2,5H3,(H6,42,43,46,47,48,49,53);2*1H4;1H/p+2/b19-16+,33-30+;;;/t31?,34-,40?;;;/m0.../s1/i;2*1D;. The normalized spacial score (nSPS) is 22.6. The number of rotatable bonds is 17. The molecule has 1 aromatic carbocycles. The van der Waals surface area contributed by atoms with Crippen molar-refractivity contribution < 1.29 is 46.3 Å². The van der Waals surface area contributed by atoms with Crippen molar-refractivity contribution in [3.05, 3.63) is 81.5 Å². The summed E-state index contributed by atoms with van der Waals surface area (Å²) < 4.78 is 24.4. The molecular weight excluding hydrogens is 774 g/mol. The molecule has 10 N–H and O–H groups in total. The summed E-state index contributed by atoms with van der Waals surface area (Å²) in [5.74, 6) is -1.43. The quantitative estimate of drug-likeness (QED) is 0.0371. The van der Waals surface area contributed by atoms with Crippen LogP contribution >= 0.6 is 0 Å². The molecule has 0 aliphatic carbocycles. The van der Waals surface area contributed by atoms with Crippen LogP contribution in [0.25, 0.3) is 15.8 Å². The molecule has 1 fully saturated rings. The number of guanidine groups is 2. The third-order valence-electron chi connectivity index (χ3n) is 10.9. The average Bonchev–Trinajstić information content (AvgIpc) is 3.84. The van der Waals surface area contributed by atoms with Crippen molar-refractivity contribution in [3.63, 3.8) is 0 Å². The summed E-state index contributed by atoms with van der Waals surface area (Å²) >= 11 is 0. The predicted octanol–water partition coefficient (Wildman–Crippen LogP) is 2.06. The number of halogens is 1. The number of unbranched alkanes of at least 4 members (excludes halogenated alkanes) is 4. The molecule has 17 nitrogen and oxygen atoms in total. The maximum atomic E-state index is 12.5. The molecule has 5 rings (SSSR count). The number of amides is 1. The van der Waals surface area contributed by atoms with Gasteiger partial charge in [0.1, 0.15) is 29.8 Å². The number of Topliss-reactive ketones (excluding diaryl/α,β-unsaturated/α-hetero) is 1. The number of ketones is 1. The second-order valence-electron chi connectivity index (χ2n) is 15.2. The highest BCUT2D eigenvalue weighted by Gasteiger charge is 2.74. The minimum atomic E-state index is -2.12. The lowest BCUT2D eigenvalue weighted by Gasteiger charge is -2.40. The molecule has 18 heteroatoms. The van der Waals surface area contributed by atoms with E-state index in [9.17, 15) is 25.1 Å². The maximum absolute atomic E-state index is 12.5. The molecule has 4 aliphatic rings. The van der Waals surface area contributed by atoms with Gasteiger partial charge in [0.15, 0.2) is 6.04 Å². The lowest BCUT2D eigenvalue weighted by atomic mass is 9.87. The van der Waals surface area contributed by atoms with Gasteiger partial charge in [0.2, 0.25) is 11.5 Å². The Labute approximate surface area is 355 Å². The molecule has 0 aromatic heterocycles. The zero-order valence-corrected chi connectivity index (χ0v) is 35.1. The molecule has 0 radical (unpaired) electrons. The van der Waals surface area contributed by atoms with Gasteiger partial charge >= 0.3 is 18.0 Å². The highest BCUT2D eigenvalue weighted by Crippen LogP contribution is 2.42. The van der Waals surface area contributed by atoms with E-state index in [0.717, 1.165) is 56.3 Å². The number of nitrogens with two attached hydrogens (primary N) is 2. The number of nitriles is 1. The summed E-state index contributed by atoms with van der Waals surface area (Å²) in [6.07, 6.45) is 9.35. The molecule has 0 saturated carbocycles. The monoisotopic (exact) mass is 837 g/mol. The Morgan fingerprint density at radius 2 is 1.82 bits per heavy atom. The SMILES string of the molecule is F.[2H]C.[2H]C.[C-]#[N+]C1=C(/C=C/c2ccc(N(C)CCCC(=O)CCCCCCCNC(=O)OCC3NC(N)=[N+]4CCC(O)(O)C45NC(N)=[NH+][C@@H]35)cc2)C(C)(C)O/C1=C(\C#N)[N+]#[C-]. The van der Waals surface area contributed by atoms with Gasteiger partial charge in [0, 0.05) is 53.4 Å². The first kappa shape index (κ1) is 46.5. The van der Waals surface area contributed by atoms with Crippen LogP contribution in [0, 0.1) is 24.5 Å². The van der Waals surface area contributed by atoms with Crippen LogP contribution in [0.4, 0.5) is 15.2 Å². The minimum Gasteiger partial charge on any atom is -0.505 e. The predicted molar refractivity (Wildman–Crippen MR) is 227 cm³/mol. The molecule has 326 valence electrons. The Bertz CT molecular complexity index is 2000. The smallest absolute Gasteiger partial charge is 0.407 e. The third-order valence-corrected chi connectivity index (χ3v) is 10.9. The highest BCUT2D eigenvalue weighted by molar-refractivity contribution is 5.79. The summed E-state index contributed by atoms with van der Waals surface area (Å²) in [7, 11) is 4.49. The molecular formula is C42H62FN11O6+2. The first-order chi connectivity index (χ1) is 29.2. The number of alkyl carbamates (subject to hydrolysis) is 1. The first-order valence-corrected chi connectivity index (χ1v) is 19.2. The van der Waals surface area contributed by atoms with E-state index in [0.29, 0.717) is 31.5 Å². The molecule has 0 bridgehead atoms. The molecule has 1 saturated heterocycles. The summed E-state index contributed by atoms with van der Waals surface area (Å²) in [5, 5.41) is 39.6. The number of hydrogen-bond donors (Lipinski definition) is 8. The molecule has 4 heterocycles. The lowest BCUT2D eigenvalue weighted by Crippen LogP contribution is -2.91. The fourth-order valence-corrected chi connectivity index (χ4v) is 7.83. The summed E-state index contributed by atoms with van der Waals surface area (Å²) in [6.45, 7) is 19.9. The van der Waals surface area contributed by atoms with Gasteiger partial charge in [0.05, 0.1) is 25.8 Å². The van der Waals surface area contributed by atoms with E-state index in [1.807, 2.05) is 43.5 Å². The van der Waals surface area contributed by atoms with Crippen molar-refractivity contribution >= 4 is 35.6 Å². The molecule has 1 aromatic rings. The van der Waals surface area contributed by atoms with Gasteiger partial charge in [-0.25, -0.2) is 29.6 Å². The number of carbonyl (C=O) groups is 2. The van der Waals surface area contributed by atoms with Crippen LogP contribution in [-0.4, -0.2) is 101 Å². The second-order valence-corrected chi connectivity index (χ2v) is 15.2. The zero-order valence-electron chi connectivity index (χ0n) is 37.1. The van der Waals surface area contributed by atoms with Crippen LogP contribution in [0.15, 0.2) is 53.1 Å². The van der Waals surface area contributed by atoms with Crippen molar-refractivity contribution in [1.82, 2.24) is 16.0 Å². The van der Waals surface area contributed by atoms with Crippen molar-refractivity contribution in [1.29, 1.82) is 5.26 Å². The van der Waals surface area contributed by atoms with E-state index in [1.54, 1.807) is 24.5 Å². The van der Waals surface area contributed by atoms with E-state index in [4.69, 9.17) is 36.8 Å². The van der Waals surface area contributed by atoms with E-state index in [2.05, 4.69) is 35.5 Å². The topological polar surface area (TPSA) is 234 Å². The number of benzene rings is 1. The van der Waals surface area contributed by atoms with Crippen LogP contribution in [0.5, 0.6) is 0 Å². The van der Waals surface area contributed by atoms with E-state index >= 15 is 0 Å².